The van der Waals surface area contributed by atoms with Crippen molar-refractivity contribution in [3.05, 3.63) is 61.2 Å². The number of nitrogens with one attached hydrogen (secondary N) is 2. The zero-order chi connectivity index (χ0) is 22.4. The second-order valence-electron chi connectivity index (χ2n) is 7.94. The number of H-pyrrole nitrogens is 1. The van der Waals surface area contributed by atoms with Crippen LogP contribution in [-0.2, 0) is 20.5 Å². The predicted molar refractivity (Wildman–Crippen MR) is 118 cm³/mol. The minimum Gasteiger partial charge on any atom is -0.451 e. The molecule has 2 N–H and O–H groups in total. The fourth-order valence-electron chi connectivity index (χ4n) is 3.72. The Labute approximate surface area is 177 Å². The lowest BCUT2D eigenvalue weighted by Gasteiger charge is -2.03. The number of aromatic amines is 1. The minimum atomic E-state index is -0.422. The Balaban J connectivity index is 1.44. The normalized spacial score (nSPS) is 11.5. The van der Waals surface area contributed by atoms with Crippen molar-refractivity contribution in [2.75, 3.05) is 6.54 Å². The third-order valence-electron chi connectivity index (χ3n) is 5.78. The minimum absolute atomic E-state index is 0.259. The first-order valence-corrected chi connectivity index (χ1v) is 10.1. The summed E-state index contributed by atoms with van der Waals surface area (Å²) in [6.45, 7) is 6.35. The van der Waals surface area contributed by atoms with Gasteiger partial charge in [0.1, 0.15) is 16.9 Å². The van der Waals surface area contributed by atoms with Gasteiger partial charge in [-0.2, -0.15) is 0 Å². The maximum Gasteiger partial charge on any atom is 0.332 e. The van der Waals surface area contributed by atoms with Crippen LogP contribution in [0.3, 0.4) is 0 Å². The average Bonchev–Trinajstić information content (AvgIpc) is 3.30. The van der Waals surface area contributed by atoms with E-state index in [-0.39, 0.29) is 5.91 Å². The SMILES string of the molecule is Cc1cc2oc(C(=O)NCCCc3nc4c([nH]3)c(=O)n(C)c(=O)n4C)c(C)c2cc1C. The smallest absolute Gasteiger partial charge is 0.332 e. The molecule has 0 saturated heterocycles. The van der Waals surface area contributed by atoms with Crippen molar-refractivity contribution in [1.29, 1.82) is 0 Å². The monoisotopic (exact) mass is 423 g/mol. The van der Waals surface area contributed by atoms with E-state index in [1.54, 1.807) is 7.05 Å². The molecule has 0 bridgehead atoms. The Bertz CT molecular complexity index is 1450. The van der Waals surface area contributed by atoms with Gasteiger partial charge in [-0.3, -0.25) is 18.7 Å². The van der Waals surface area contributed by atoms with Gasteiger partial charge in [0.25, 0.3) is 11.5 Å². The maximum atomic E-state index is 12.6. The number of fused-ring (bicyclic) bond motifs is 2. The van der Waals surface area contributed by atoms with E-state index in [9.17, 15) is 14.4 Å². The molecular weight excluding hydrogens is 398 g/mol. The summed E-state index contributed by atoms with van der Waals surface area (Å²) in [4.78, 5) is 44.3. The van der Waals surface area contributed by atoms with Crippen molar-refractivity contribution in [2.24, 2.45) is 14.1 Å². The summed E-state index contributed by atoms with van der Waals surface area (Å²) in [5, 5.41) is 3.83. The van der Waals surface area contributed by atoms with Crippen molar-refractivity contribution in [2.45, 2.75) is 33.6 Å². The summed E-state index contributed by atoms with van der Waals surface area (Å²) in [7, 11) is 3.01. The van der Waals surface area contributed by atoms with E-state index in [0.29, 0.717) is 47.7 Å². The molecule has 3 heterocycles. The number of amides is 1. The molecule has 0 radical (unpaired) electrons. The number of imidazole rings is 1. The van der Waals surface area contributed by atoms with Crippen LogP contribution < -0.4 is 16.6 Å². The molecule has 0 aliphatic rings. The molecule has 0 spiro atoms. The van der Waals surface area contributed by atoms with Crippen LogP contribution in [0.15, 0.2) is 26.1 Å². The van der Waals surface area contributed by atoms with Crippen molar-refractivity contribution in [3.63, 3.8) is 0 Å². The molecule has 31 heavy (non-hydrogen) atoms. The Hall–Kier alpha value is -3.62. The van der Waals surface area contributed by atoms with Gasteiger partial charge in [-0.15, -0.1) is 0 Å². The molecule has 9 heteroatoms. The molecule has 1 amide bonds. The lowest BCUT2D eigenvalue weighted by atomic mass is 10.1. The fraction of sp³-hybridized carbons (Fsp3) is 0.364. The van der Waals surface area contributed by atoms with Gasteiger partial charge in [0.2, 0.25) is 0 Å². The van der Waals surface area contributed by atoms with Crippen LogP contribution in [0.1, 0.15) is 39.5 Å². The third kappa shape index (κ3) is 3.45. The largest absolute Gasteiger partial charge is 0.451 e. The van der Waals surface area contributed by atoms with E-state index < -0.39 is 11.2 Å². The molecule has 9 nitrogen and oxygen atoms in total. The second kappa shape index (κ2) is 7.57. The first-order valence-electron chi connectivity index (χ1n) is 10.1. The van der Waals surface area contributed by atoms with Gasteiger partial charge in [0.15, 0.2) is 11.4 Å². The number of hydrogen-bond acceptors (Lipinski definition) is 5. The molecule has 0 atom stereocenters. The highest BCUT2D eigenvalue weighted by molar-refractivity contribution is 5.99. The van der Waals surface area contributed by atoms with Crippen LogP contribution in [0, 0.1) is 20.8 Å². The van der Waals surface area contributed by atoms with Gasteiger partial charge in [0, 0.05) is 38.0 Å². The number of furan rings is 1. The third-order valence-corrected chi connectivity index (χ3v) is 5.78. The van der Waals surface area contributed by atoms with Crippen LogP contribution in [0.2, 0.25) is 0 Å². The lowest BCUT2D eigenvalue weighted by molar-refractivity contribution is 0.0926. The van der Waals surface area contributed by atoms with Gasteiger partial charge >= 0.3 is 5.69 Å². The molecule has 0 unspecified atom stereocenters. The van der Waals surface area contributed by atoms with E-state index in [1.165, 1.54) is 11.6 Å². The predicted octanol–water partition coefficient (Wildman–Crippen LogP) is 1.99. The molecule has 4 aromatic rings. The first kappa shape index (κ1) is 20.6. The molecule has 0 aliphatic heterocycles. The van der Waals surface area contributed by atoms with E-state index in [1.807, 2.05) is 32.9 Å². The van der Waals surface area contributed by atoms with Gasteiger partial charge < -0.3 is 14.7 Å². The van der Waals surface area contributed by atoms with Crippen LogP contribution in [-0.4, -0.2) is 31.6 Å². The number of aryl methyl sites for hydroxylation is 5. The summed E-state index contributed by atoms with van der Waals surface area (Å²) in [6, 6.07) is 3.99. The Morgan fingerprint density at radius 2 is 1.84 bits per heavy atom. The number of benzene rings is 1. The first-order chi connectivity index (χ1) is 14.7. The summed E-state index contributed by atoms with van der Waals surface area (Å²) in [5.41, 5.74) is 3.60. The average molecular weight is 423 g/mol. The number of carbonyl (C=O) groups excluding carboxylic acids is 1. The molecule has 4 rings (SSSR count). The zero-order valence-corrected chi connectivity index (χ0v) is 18.3. The van der Waals surface area contributed by atoms with Crippen molar-refractivity contribution < 1.29 is 9.21 Å². The topological polar surface area (TPSA) is 115 Å². The van der Waals surface area contributed by atoms with Crippen LogP contribution in [0.25, 0.3) is 22.1 Å². The molecular formula is C22H25N5O4. The fourth-order valence-corrected chi connectivity index (χ4v) is 3.72. The molecule has 1 aromatic carbocycles. The number of carbonyl (C=O) groups is 1. The van der Waals surface area contributed by atoms with Gasteiger partial charge in [0.05, 0.1) is 0 Å². The van der Waals surface area contributed by atoms with Crippen molar-refractivity contribution >= 4 is 28.0 Å². The molecule has 0 fully saturated rings. The molecule has 162 valence electrons. The van der Waals surface area contributed by atoms with Crippen LogP contribution in [0.5, 0.6) is 0 Å². The molecule has 0 aliphatic carbocycles. The maximum absolute atomic E-state index is 12.6. The summed E-state index contributed by atoms with van der Waals surface area (Å²) >= 11 is 0. The van der Waals surface area contributed by atoms with Gasteiger partial charge in [-0.05, 0) is 50.5 Å². The molecule has 3 aromatic heterocycles. The Kier molecular flexibility index (Phi) is 5.04. The highest BCUT2D eigenvalue weighted by atomic mass is 16.3. The standard InChI is InChI=1S/C22H25N5O4/c1-11-9-14-13(3)18(31-15(14)10-12(11)2)20(28)23-8-6-7-16-24-17-19(25-16)26(4)22(30)27(5)21(17)29/h9-10H,6-8H2,1-5H3,(H,23,28)(H,24,25). The lowest BCUT2D eigenvalue weighted by Crippen LogP contribution is -2.36. The van der Waals surface area contributed by atoms with E-state index in [2.05, 4.69) is 15.3 Å². The van der Waals surface area contributed by atoms with Crippen LogP contribution >= 0.6 is 0 Å². The zero-order valence-electron chi connectivity index (χ0n) is 18.3. The quantitative estimate of drug-likeness (QED) is 0.477. The Morgan fingerprint density at radius 1 is 1.13 bits per heavy atom. The number of hydrogen-bond donors (Lipinski definition) is 2. The van der Waals surface area contributed by atoms with E-state index >= 15 is 0 Å². The van der Waals surface area contributed by atoms with Crippen molar-refractivity contribution in [3.8, 4) is 0 Å². The van der Waals surface area contributed by atoms with E-state index in [0.717, 1.165) is 26.6 Å². The summed E-state index contributed by atoms with van der Waals surface area (Å²) in [6.07, 6.45) is 1.13. The van der Waals surface area contributed by atoms with Crippen LogP contribution in [0.4, 0.5) is 0 Å². The van der Waals surface area contributed by atoms with E-state index in [4.69, 9.17) is 4.42 Å². The Morgan fingerprint density at radius 3 is 2.58 bits per heavy atom. The van der Waals surface area contributed by atoms with Gasteiger partial charge in [-0.25, -0.2) is 9.78 Å². The second-order valence-corrected chi connectivity index (χ2v) is 7.94. The number of rotatable bonds is 5. The summed E-state index contributed by atoms with van der Waals surface area (Å²) in [5.74, 6) is 0.653. The number of aromatic nitrogens is 4. The van der Waals surface area contributed by atoms with Crippen molar-refractivity contribution in [1.82, 2.24) is 24.4 Å². The number of nitrogens with zero attached hydrogens (tertiary/aromatic N) is 3. The van der Waals surface area contributed by atoms with Gasteiger partial charge in [-0.1, -0.05) is 0 Å². The molecule has 0 saturated carbocycles. The highest BCUT2D eigenvalue weighted by Gasteiger charge is 2.18. The summed E-state index contributed by atoms with van der Waals surface area (Å²) < 4.78 is 8.18. The highest BCUT2D eigenvalue weighted by Crippen LogP contribution is 2.27.